The molecule has 0 saturated heterocycles. The SMILES string of the molecule is COC(=O)c1ccc(-c2nc(CN(C)CC3Cc4ccccc4O3)c(C)o2)cc1. The van der Waals surface area contributed by atoms with Gasteiger partial charge in [-0.1, -0.05) is 18.2 Å². The molecule has 1 unspecified atom stereocenters. The first-order valence-electron chi connectivity index (χ1n) is 9.61. The fourth-order valence-electron chi connectivity index (χ4n) is 3.59. The van der Waals surface area contributed by atoms with E-state index in [1.165, 1.54) is 12.7 Å². The molecule has 0 saturated carbocycles. The summed E-state index contributed by atoms with van der Waals surface area (Å²) in [5, 5.41) is 0. The molecule has 1 atom stereocenters. The lowest BCUT2D eigenvalue weighted by Gasteiger charge is -2.19. The minimum Gasteiger partial charge on any atom is -0.488 e. The molecule has 0 amide bonds. The van der Waals surface area contributed by atoms with Gasteiger partial charge < -0.3 is 13.9 Å². The molecule has 0 aliphatic carbocycles. The quantitative estimate of drug-likeness (QED) is 0.594. The Bertz CT molecular complexity index is 985. The Hall–Kier alpha value is -3.12. The van der Waals surface area contributed by atoms with Crippen molar-refractivity contribution in [3.8, 4) is 17.2 Å². The number of fused-ring (bicyclic) bond motifs is 1. The monoisotopic (exact) mass is 392 g/mol. The van der Waals surface area contributed by atoms with Crippen LogP contribution in [0.4, 0.5) is 0 Å². The first-order valence-corrected chi connectivity index (χ1v) is 9.61. The number of aromatic nitrogens is 1. The van der Waals surface area contributed by atoms with Crippen molar-refractivity contribution in [1.29, 1.82) is 0 Å². The van der Waals surface area contributed by atoms with E-state index in [1.54, 1.807) is 12.1 Å². The molecule has 1 aromatic heterocycles. The standard InChI is InChI=1S/C23H24N2O4/c1-15-20(14-25(2)13-19-12-18-6-4-5-7-21(18)29-19)24-22(28-15)16-8-10-17(11-9-16)23(26)27-3/h4-11,19H,12-14H2,1-3H3. The average molecular weight is 392 g/mol. The molecular formula is C23H24N2O4. The number of likely N-dealkylation sites (N-methyl/N-ethyl adjacent to an activating group) is 1. The Labute approximate surface area is 170 Å². The molecule has 150 valence electrons. The second-order valence-corrected chi connectivity index (χ2v) is 7.34. The van der Waals surface area contributed by atoms with Gasteiger partial charge in [-0.15, -0.1) is 0 Å². The Morgan fingerprint density at radius 2 is 1.97 bits per heavy atom. The van der Waals surface area contributed by atoms with Gasteiger partial charge in [-0.2, -0.15) is 0 Å². The molecule has 29 heavy (non-hydrogen) atoms. The number of benzene rings is 2. The maximum Gasteiger partial charge on any atom is 0.337 e. The van der Waals surface area contributed by atoms with Crippen LogP contribution in [0.3, 0.4) is 0 Å². The number of carbonyl (C=O) groups is 1. The van der Waals surface area contributed by atoms with Crippen molar-refractivity contribution in [1.82, 2.24) is 9.88 Å². The summed E-state index contributed by atoms with van der Waals surface area (Å²) >= 11 is 0. The van der Waals surface area contributed by atoms with E-state index in [0.29, 0.717) is 18.0 Å². The summed E-state index contributed by atoms with van der Waals surface area (Å²) in [4.78, 5) is 18.4. The molecule has 6 nitrogen and oxygen atoms in total. The Balaban J connectivity index is 1.40. The van der Waals surface area contributed by atoms with Crippen LogP contribution in [0.2, 0.25) is 0 Å². The van der Waals surface area contributed by atoms with Gasteiger partial charge in [0.25, 0.3) is 0 Å². The van der Waals surface area contributed by atoms with Crippen LogP contribution in [0.5, 0.6) is 5.75 Å². The minimum absolute atomic E-state index is 0.148. The van der Waals surface area contributed by atoms with Crippen LogP contribution in [0.1, 0.15) is 27.4 Å². The van der Waals surface area contributed by atoms with E-state index in [9.17, 15) is 4.79 Å². The summed E-state index contributed by atoms with van der Waals surface area (Å²) in [7, 11) is 3.43. The van der Waals surface area contributed by atoms with E-state index in [4.69, 9.17) is 13.9 Å². The van der Waals surface area contributed by atoms with Gasteiger partial charge >= 0.3 is 5.97 Å². The highest BCUT2D eigenvalue weighted by molar-refractivity contribution is 5.89. The van der Waals surface area contributed by atoms with Gasteiger partial charge in [0.1, 0.15) is 17.6 Å². The lowest BCUT2D eigenvalue weighted by atomic mass is 10.1. The zero-order valence-corrected chi connectivity index (χ0v) is 16.8. The van der Waals surface area contributed by atoms with Crippen LogP contribution in [0.15, 0.2) is 52.9 Å². The van der Waals surface area contributed by atoms with Gasteiger partial charge in [0, 0.05) is 25.1 Å². The average Bonchev–Trinajstić information content (AvgIpc) is 3.30. The summed E-state index contributed by atoms with van der Waals surface area (Å²) in [5.41, 5.74) is 3.48. The Kier molecular flexibility index (Phi) is 5.36. The van der Waals surface area contributed by atoms with Gasteiger partial charge in [-0.3, -0.25) is 4.90 Å². The van der Waals surface area contributed by atoms with Gasteiger partial charge in [-0.05, 0) is 49.9 Å². The van der Waals surface area contributed by atoms with E-state index in [2.05, 4.69) is 23.0 Å². The zero-order chi connectivity index (χ0) is 20.4. The third-order valence-electron chi connectivity index (χ3n) is 5.09. The van der Waals surface area contributed by atoms with E-state index < -0.39 is 0 Å². The molecule has 0 radical (unpaired) electrons. The molecule has 3 aromatic rings. The van der Waals surface area contributed by atoms with Crippen LogP contribution in [0.25, 0.3) is 11.5 Å². The normalized spacial score (nSPS) is 15.2. The first kappa shape index (κ1) is 19.2. The molecule has 0 bridgehead atoms. The van der Waals surface area contributed by atoms with E-state index in [0.717, 1.165) is 35.7 Å². The predicted octanol–water partition coefficient (Wildman–Crippen LogP) is 3.87. The van der Waals surface area contributed by atoms with Crippen molar-refractivity contribution in [2.24, 2.45) is 0 Å². The third kappa shape index (κ3) is 4.17. The summed E-state index contributed by atoms with van der Waals surface area (Å²) in [5.74, 6) is 1.96. The topological polar surface area (TPSA) is 64.8 Å². The molecule has 0 N–H and O–H groups in total. The number of hydrogen-bond acceptors (Lipinski definition) is 6. The molecule has 1 aliphatic heterocycles. The van der Waals surface area contributed by atoms with Crippen molar-refractivity contribution in [2.75, 3.05) is 20.7 Å². The molecular weight excluding hydrogens is 368 g/mol. The van der Waals surface area contributed by atoms with Crippen molar-refractivity contribution in [3.05, 3.63) is 71.1 Å². The van der Waals surface area contributed by atoms with Gasteiger partial charge in [0.2, 0.25) is 5.89 Å². The highest BCUT2D eigenvalue weighted by Gasteiger charge is 2.24. The maximum absolute atomic E-state index is 11.6. The van der Waals surface area contributed by atoms with Crippen molar-refractivity contribution >= 4 is 5.97 Å². The number of hydrogen-bond donors (Lipinski definition) is 0. The number of carbonyl (C=O) groups excluding carboxylic acids is 1. The number of aryl methyl sites for hydroxylation is 1. The number of esters is 1. The number of oxazole rings is 1. The maximum atomic E-state index is 11.6. The largest absolute Gasteiger partial charge is 0.488 e. The van der Waals surface area contributed by atoms with Crippen LogP contribution in [-0.4, -0.2) is 42.7 Å². The van der Waals surface area contributed by atoms with Crippen LogP contribution in [-0.2, 0) is 17.7 Å². The number of para-hydroxylation sites is 1. The van der Waals surface area contributed by atoms with E-state index in [1.807, 2.05) is 37.3 Å². The molecule has 2 aromatic carbocycles. The van der Waals surface area contributed by atoms with Crippen LogP contribution >= 0.6 is 0 Å². The van der Waals surface area contributed by atoms with Gasteiger partial charge in [-0.25, -0.2) is 9.78 Å². The lowest BCUT2D eigenvalue weighted by molar-refractivity contribution is 0.0600. The fourth-order valence-corrected chi connectivity index (χ4v) is 3.59. The van der Waals surface area contributed by atoms with Crippen molar-refractivity contribution in [2.45, 2.75) is 26.0 Å². The molecule has 0 spiro atoms. The van der Waals surface area contributed by atoms with E-state index >= 15 is 0 Å². The smallest absolute Gasteiger partial charge is 0.337 e. The highest BCUT2D eigenvalue weighted by atomic mass is 16.5. The van der Waals surface area contributed by atoms with E-state index in [-0.39, 0.29) is 12.1 Å². The number of ether oxygens (including phenoxy) is 2. The summed E-state index contributed by atoms with van der Waals surface area (Å²) in [6.07, 6.45) is 1.07. The lowest BCUT2D eigenvalue weighted by Crippen LogP contribution is -2.31. The number of nitrogens with zero attached hydrogens (tertiary/aromatic N) is 2. The molecule has 6 heteroatoms. The van der Waals surface area contributed by atoms with Crippen molar-refractivity contribution < 1.29 is 18.7 Å². The predicted molar refractivity (Wildman–Crippen MR) is 109 cm³/mol. The molecule has 2 heterocycles. The second kappa shape index (κ2) is 8.09. The van der Waals surface area contributed by atoms with Gasteiger partial charge in [0.05, 0.1) is 18.4 Å². The summed E-state index contributed by atoms with van der Waals surface area (Å²) in [6.45, 7) is 3.40. The fraction of sp³-hybridized carbons (Fsp3) is 0.304. The number of methoxy groups -OCH3 is 1. The third-order valence-corrected chi connectivity index (χ3v) is 5.09. The Morgan fingerprint density at radius 3 is 2.69 bits per heavy atom. The Morgan fingerprint density at radius 1 is 1.21 bits per heavy atom. The van der Waals surface area contributed by atoms with Crippen LogP contribution in [0, 0.1) is 6.92 Å². The first-order chi connectivity index (χ1) is 14.0. The van der Waals surface area contributed by atoms with Crippen LogP contribution < -0.4 is 4.74 Å². The number of rotatable bonds is 6. The van der Waals surface area contributed by atoms with Gasteiger partial charge in [0.15, 0.2) is 0 Å². The molecule has 0 fully saturated rings. The highest BCUT2D eigenvalue weighted by Crippen LogP contribution is 2.29. The molecule has 4 rings (SSSR count). The zero-order valence-electron chi connectivity index (χ0n) is 16.8. The van der Waals surface area contributed by atoms with Crippen molar-refractivity contribution in [3.63, 3.8) is 0 Å². The molecule has 1 aliphatic rings. The summed E-state index contributed by atoms with van der Waals surface area (Å²) < 4.78 is 16.6. The minimum atomic E-state index is -0.362. The second-order valence-electron chi connectivity index (χ2n) is 7.34. The summed E-state index contributed by atoms with van der Waals surface area (Å²) in [6, 6.07) is 15.2.